The van der Waals surface area contributed by atoms with Crippen LogP contribution in [0.2, 0.25) is 0 Å². The average molecular weight is 320 g/mol. The summed E-state index contributed by atoms with van der Waals surface area (Å²) >= 11 is 3.38. The van der Waals surface area contributed by atoms with Crippen molar-refractivity contribution in [2.24, 2.45) is 0 Å². The maximum Gasteiger partial charge on any atom is 0.415 e. The van der Waals surface area contributed by atoms with Gasteiger partial charge in [0.1, 0.15) is 5.75 Å². The number of carbonyl (C=O) groups is 1. The van der Waals surface area contributed by atoms with E-state index in [9.17, 15) is 4.79 Å². The standard InChI is InChI=1S/C15H14BrNO2/c1-17(11-12-7-9-13(16)10-8-12)15(18)19-14-5-3-2-4-6-14/h2-10H,11H2,1H3. The van der Waals surface area contributed by atoms with Gasteiger partial charge < -0.3 is 9.64 Å². The van der Waals surface area contributed by atoms with Crippen LogP contribution in [-0.4, -0.2) is 18.0 Å². The summed E-state index contributed by atoms with van der Waals surface area (Å²) in [7, 11) is 1.72. The molecule has 0 bridgehead atoms. The highest BCUT2D eigenvalue weighted by atomic mass is 79.9. The Bertz CT molecular complexity index is 540. The summed E-state index contributed by atoms with van der Waals surface area (Å²) in [6, 6.07) is 16.9. The Morgan fingerprint density at radius 3 is 2.37 bits per heavy atom. The number of nitrogens with zero attached hydrogens (tertiary/aromatic N) is 1. The molecule has 0 spiro atoms. The quantitative estimate of drug-likeness (QED) is 0.853. The Hall–Kier alpha value is -1.81. The molecule has 0 aliphatic rings. The fraction of sp³-hybridized carbons (Fsp3) is 0.133. The molecular formula is C15H14BrNO2. The number of ether oxygens (including phenoxy) is 1. The van der Waals surface area contributed by atoms with Crippen molar-refractivity contribution in [1.82, 2.24) is 4.90 Å². The van der Waals surface area contributed by atoms with E-state index < -0.39 is 0 Å². The first-order chi connectivity index (χ1) is 9.15. The molecule has 0 saturated heterocycles. The molecule has 0 unspecified atom stereocenters. The third-order valence-electron chi connectivity index (χ3n) is 2.59. The van der Waals surface area contributed by atoms with Gasteiger partial charge in [0.05, 0.1) is 0 Å². The highest BCUT2D eigenvalue weighted by molar-refractivity contribution is 9.10. The van der Waals surface area contributed by atoms with E-state index in [-0.39, 0.29) is 6.09 Å². The Labute approximate surface area is 120 Å². The SMILES string of the molecule is CN(Cc1ccc(Br)cc1)C(=O)Oc1ccccc1. The van der Waals surface area contributed by atoms with Crippen molar-refractivity contribution in [1.29, 1.82) is 0 Å². The average Bonchev–Trinajstić information content (AvgIpc) is 2.42. The molecule has 4 heteroatoms. The molecule has 0 heterocycles. The predicted molar refractivity (Wildman–Crippen MR) is 78.1 cm³/mol. The van der Waals surface area contributed by atoms with Crippen LogP contribution in [0.5, 0.6) is 5.75 Å². The molecule has 3 nitrogen and oxygen atoms in total. The van der Waals surface area contributed by atoms with Crippen LogP contribution in [-0.2, 0) is 6.54 Å². The van der Waals surface area contributed by atoms with Crippen molar-refractivity contribution >= 4 is 22.0 Å². The molecule has 1 amide bonds. The van der Waals surface area contributed by atoms with E-state index in [0.717, 1.165) is 10.0 Å². The maximum atomic E-state index is 11.9. The minimum Gasteiger partial charge on any atom is -0.410 e. The van der Waals surface area contributed by atoms with E-state index in [1.807, 2.05) is 42.5 Å². The second-order valence-electron chi connectivity index (χ2n) is 4.16. The van der Waals surface area contributed by atoms with Crippen LogP contribution in [0.3, 0.4) is 0 Å². The summed E-state index contributed by atoms with van der Waals surface area (Å²) < 4.78 is 6.27. The van der Waals surface area contributed by atoms with Crippen LogP contribution >= 0.6 is 15.9 Å². The van der Waals surface area contributed by atoms with Gasteiger partial charge in [0.15, 0.2) is 0 Å². The molecule has 2 aromatic rings. The maximum absolute atomic E-state index is 11.9. The van der Waals surface area contributed by atoms with Gasteiger partial charge >= 0.3 is 6.09 Å². The van der Waals surface area contributed by atoms with Crippen molar-refractivity contribution in [2.75, 3.05) is 7.05 Å². The van der Waals surface area contributed by atoms with Gasteiger partial charge in [0, 0.05) is 18.1 Å². The van der Waals surface area contributed by atoms with Crippen LogP contribution in [0.15, 0.2) is 59.1 Å². The first-order valence-corrected chi connectivity index (χ1v) is 6.67. The topological polar surface area (TPSA) is 29.5 Å². The van der Waals surface area contributed by atoms with E-state index in [4.69, 9.17) is 4.74 Å². The molecule has 0 radical (unpaired) electrons. The van der Waals surface area contributed by atoms with E-state index >= 15 is 0 Å². The van der Waals surface area contributed by atoms with Crippen molar-refractivity contribution in [3.8, 4) is 5.75 Å². The number of carbonyl (C=O) groups excluding carboxylic acids is 1. The van der Waals surface area contributed by atoms with Gasteiger partial charge in [-0.1, -0.05) is 46.3 Å². The Morgan fingerprint density at radius 1 is 1.11 bits per heavy atom. The van der Waals surface area contributed by atoms with Gasteiger partial charge in [-0.15, -0.1) is 0 Å². The summed E-state index contributed by atoms with van der Waals surface area (Å²) in [5, 5.41) is 0. The number of hydrogen-bond acceptors (Lipinski definition) is 2. The molecule has 2 rings (SSSR count). The molecule has 0 fully saturated rings. The number of benzene rings is 2. The Balaban J connectivity index is 1.94. The van der Waals surface area contributed by atoms with Crippen molar-refractivity contribution in [3.63, 3.8) is 0 Å². The lowest BCUT2D eigenvalue weighted by Gasteiger charge is -2.16. The largest absolute Gasteiger partial charge is 0.415 e. The summed E-state index contributed by atoms with van der Waals surface area (Å²) in [5.74, 6) is 0.551. The first-order valence-electron chi connectivity index (χ1n) is 5.87. The highest BCUT2D eigenvalue weighted by Gasteiger charge is 2.11. The van der Waals surface area contributed by atoms with E-state index in [0.29, 0.717) is 12.3 Å². The summed E-state index contributed by atoms with van der Waals surface area (Å²) in [6.07, 6.45) is -0.367. The first kappa shape index (κ1) is 13.6. The highest BCUT2D eigenvalue weighted by Crippen LogP contribution is 2.13. The molecule has 2 aromatic carbocycles. The van der Waals surface area contributed by atoms with Gasteiger partial charge in [0.25, 0.3) is 0 Å². The number of amides is 1. The smallest absolute Gasteiger partial charge is 0.410 e. The van der Waals surface area contributed by atoms with E-state index in [1.165, 1.54) is 4.90 Å². The van der Waals surface area contributed by atoms with Gasteiger partial charge in [-0.05, 0) is 29.8 Å². The zero-order valence-corrected chi connectivity index (χ0v) is 12.1. The Kier molecular flexibility index (Phi) is 4.58. The van der Waals surface area contributed by atoms with Crippen LogP contribution in [0.25, 0.3) is 0 Å². The third-order valence-corrected chi connectivity index (χ3v) is 3.12. The summed E-state index contributed by atoms with van der Waals surface area (Å²) in [6.45, 7) is 0.513. The second-order valence-corrected chi connectivity index (χ2v) is 5.08. The fourth-order valence-corrected chi connectivity index (χ4v) is 1.86. The van der Waals surface area contributed by atoms with Gasteiger partial charge in [-0.2, -0.15) is 0 Å². The Morgan fingerprint density at radius 2 is 1.74 bits per heavy atom. The predicted octanol–water partition coefficient (Wildman–Crippen LogP) is 4.08. The lowest BCUT2D eigenvalue weighted by Crippen LogP contribution is -2.29. The third kappa shape index (κ3) is 4.10. The van der Waals surface area contributed by atoms with E-state index in [1.54, 1.807) is 19.2 Å². The molecule has 19 heavy (non-hydrogen) atoms. The van der Waals surface area contributed by atoms with Gasteiger partial charge in [0.2, 0.25) is 0 Å². The lowest BCUT2D eigenvalue weighted by atomic mass is 10.2. The molecule has 0 atom stereocenters. The number of rotatable bonds is 3. The minimum atomic E-state index is -0.367. The zero-order chi connectivity index (χ0) is 13.7. The van der Waals surface area contributed by atoms with Crippen LogP contribution < -0.4 is 4.74 Å². The molecule has 0 aliphatic carbocycles. The van der Waals surface area contributed by atoms with Crippen molar-refractivity contribution in [3.05, 3.63) is 64.6 Å². The zero-order valence-electron chi connectivity index (χ0n) is 10.5. The number of hydrogen-bond donors (Lipinski definition) is 0. The summed E-state index contributed by atoms with van der Waals surface area (Å²) in [4.78, 5) is 13.4. The molecular weight excluding hydrogens is 306 g/mol. The van der Waals surface area contributed by atoms with Crippen molar-refractivity contribution < 1.29 is 9.53 Å². The molecule has 0 aromatic heterocycles. The fourth-order valence-electron chi connectivity index (χ4n) is 1.60. The normalized spacial score (nSPS) is 10.0. The lowest BCUT2D eigenvalue weighted by molar-refractivity contribution is 0.161. The number of halogens is 1. The molecule has 0 aliphatic heterocycles. The molecule has 98 valence electrons. The van der Waals surface area contributed by atoms with Gasteiger partial charge in [-0.3, -0.25) is 0 Å². The minimum absolute atomic E-state index is 0.367. The van der Waals surface area contributed by atoms with Crippen molar-refractivity contribution in [2.45, 2.75) is 6.54 Å². The van der Waals surface area contributed by atoms with Crippen LogP contribution in [0, 0.1) is 0 Å². The second kappa shape index (κ2) is 6.38. The van der Waals surface area contributed by atoms with E-state index in [2.05, 4.69) is 15.9 Å². The summed E-state index contributed by atoms with van der Waals surface area (Å²) in [5.41, 5.74) is 1.05. The van der Waals surface area contributed by atoms with Gasteiger partial charge in [-0.25, -0.2) is 4.79 Å². The molecule has 0 N–H and O–H groups in total. The monoisotopic (exact) mass is 319 g/mol. The number of para-hydroxylation sites is 1. The van der Waals surface area contributed by atoms with Crippen LogP contribution in [0.1, 0.15) is 5.56 Å². The molecule has 0 saturated carbocycles. The van der Waals surface area contributed by atoms with Crippen LogP contribution in [0.4, 0.5) is 4.79 Å².